The summed E-state index contributed by atoms with van der Waals surface area (Å²) in [5, 5.41) is 8.88. The molecule has 0 atom stereocenters. The van der Waals surface area contributed by atoms with Gasteiger partial charge < -0.3 is 10.0 Å². The lowest BCUT2D eigenvalue weighted by Crippen LogP contribution is -2.26. The highest BCUT2D eigenvalue weighted by Crippen LogP contribution is 2.27. The predicted molar refractivity (Wildman–Crippen MR) is 85.7 cm³/mol. The van der Waals surface area contributed by atoms with Crippen LogP contribution in [-0.4, -0.2) is 28.9 Å². The molecule has 0 saturated heterocycles. The van der Waals surface area contributed by atoms with Gasteiger partial charge in [0.2, 0.25) is 5.91 Å². The molecule has 4 nitrogen and oxygen atoms in total. The third-order valence-corrected chi connectivity index (χ3v) is 4.54. The number of aromatic carboxylic acids is 1. The molecule has 1 aliphatic carbocycles. The summed E-state index contributed by atoms with van der Waals surface area (Å²) >= 11 is 0. The fourth-order valence-corrected chi connectivity index (χ4v) is 3.11. The number of benzene rings is 1. The van der Waals surface area contributed by atoms with Crippen LogP contribution >= 0.6 is 0 Å². The maximum atomic E-state index is 12.2. The topological polar surface area (TPSA) is 57.6 Å². The molecule has 2 rings (SSSR count). The number of rotatable bonds is 6. The van der Waals surface area contributed by atoms with E-state index in [0.29, 0.717) is 13.0 Å². The second kappa shape index (κ2) is 7.97. The first kappa shape index (κ1) is 16.5. The zero-order valence-electron chi connectivity index (χ0n) is 13.3. The highest BCUT2D eigenvalue weighted by molar-refractivity contribution is 5.87. The van der Waals surface area contributed by atoms with Gasteiger partial charge in [0.1, 0.15) is 0 Å². The highest BCUT2D eigenvalue weighted by atomic mass is 16.4. The number of nitrogens with zero attached hydrogens (tertiary/aromatic N) is 1. The van der Waals surface area contributed by atoms with Crippen molar-refractivity contribution in [3.8, 4) is 0 Å². The number of hydrogen-bond acceptors (Lipinski definition) is 2. The quantitative estimate of drug-likeness (QED) is 0.871. The fraction of sp³-hybridized carbons (Fsp3) is 0.556. The summed E-state index contributed by atoms with van der Waals surface area (Å²) in [4.78, 5) is 24.7. The molecule has 1 aliphatic rings. The van der Waals surface area contributed by atoms with Gasteiger partial charge in [-0.15, -0.1) is 0 Å². The Kier molecular flexibility index (Phi) is 5.99. The molecule has 1 N–H and O–H groups in total. The van der Waals surface area contributed by atoms with Crippen molar-refractivity contribution in [1.29, 1.82) is 0 Å². The molecule has 22 heavy (non-hydrogen) atoms. The first-order chi connectivity index (χ1) is 10.6. The van der Waals surface area contributed by atoms with E-state index in [4.69, 9.17) is 5.11 Å². The van der Waals surface area contributed by atoms with Crippen LogP contribution in [0.3, 0.4) is 0 Å². The summed E-state index contributed by atoms with van der Waals surface area (Å²) < 4.78 is 0. The molecular weight excluding hydrogens is 278 g/mol. The van der Waals surface area contributed by atoms with Crippen LogP contribution in [0.2, 0.25) is 0 Å². The third kappa shape index (κ3) is 4.86. The average molecular weight is 303 g/mol. The van der Waals surface area contributed by atoms with Gasteiger partial charge in [-0.25, -0.2) is 4.79 Å². The second-order valence-electron chi connectivity index (χ2n) is 6.29. The van der Waals surface area contributed by atoms with Crippen molar-refractivity contribution in [3.63, 3.8) is 0 Å². The van der Waals surface area contributed by atoms with Crippen LogP contribution in [0.5, 0.6) is 0 Å². The van der Waals surface area contributed by atoms with Crippen LogP contribution in [0.25, 0.3) is 0 Å². The van der Waals surface area contributed by atoms with Crippen LogP contribution in [0.4, 0.5) is 0 Å². The maximum Gasteiger partial charge on any atom is 0.335 e. The molecule has 0 heterocycles. The van der Waals surface area contributed by atoms with E-state index in [0.717, 1.165) is 17.9 Å². The van der Waals surface area contributed by atoms with Gasteiger partial charge in [0.25, 0.3) is 0 Å². The minimum atomic E-state index is -0.927. The Bertz CT molecular complexity index is 504. The van der Waals surface area contributed by atoms with E-state index in [1.165, 1.54) is 32.1 Å². The molecule has 0 aromatic heterocycles. The number of carbonyl (C=O) groups is 2. The van der Waals surface area contributed by atoms with Crippen LogP contribution in [0.15, 0.2) is 24.3 Å². The second-order valence-corrected chi connectivity index (χ2v) is 6.29. The molecule has 1 aromatic carbocycles. The van der Waals surface area contributed by atoms with Crippen molar-refractivity contribution in [2.24, 2.45) is 5.92 Å². The highest BCUT2D eigenvalue weighted by Gasteiger charge is 2.16. The van der Waals surface area contributed by atoms with Gasteiger partial charge in [-0.05, 0) is 30.0 Å². The van der Waals surface area contributed by atoms with Crippen LogP contribution in [-0.2, 0) is 11.3 Å². The van der Waals surface area contributed by atoms with E-state index >= 15 is 0 Å². The number of amides is 1. The summed E-state index contributed by atoms with van der Waals surface area (Å²) in [6, 6.07) is 6.71. The largest absolute Gasteiger partial charge is 0.478 e. The van der Waals surface area contributed by atoms with Gasteiger partial charge in [-0.1, -0.05) is 44.2 Å². The van der Waals surface area contributed by atoms with Crippen LogP contribution in [0.1, 0.15) is 60.9 Å². The molecule has 4 heteroatoms. The van der Waals surface area contributed by atoms with Gasteiger partial charge in [-0.2, -0.15) is 0 Å². The average Bonchev–Trinajstić information content (AvgIpc) is 2.54. The SMILES string of the molecule is CN(Cc1ccc(C(=O)O)cc1)C(=O)CCC1CCCCC1. The fourth-order valence-electron chi connectivity index (χ4n) is 3.11. The van der Waals surface area contributed by atoms with Gasteiger partial charge in [0, 0.05) is 20.0 Å². The minimum absolute atomic E-state index is 0.174. The number of carboxylic acid groups (broad SMARTS) is 1. The standard InChI is InChI=1S/C18H25NO3/c1-19(13-15-7-10-16(11-8-15)18(21)22)17(20)12-9-14-5-3-2-4-6-14/h7-8,10-11,14H,2-6,9,12-13H2,1H3,(H,21,22). The lowest BCUT2D eigenvalue weighted by atomic mass is 9.86. The van der Waals surface area contributed by atoms with E-state index in [-0.39, 0.29) is 11.5 Å². The zero-order valence-corrected chi connectivity index (χ0v) is 13.3. The van der Waals surface area contributed by atoms with Gasteiger partial charge in [0.15, 0.2) is 0 Å². The first-order valence-electron chi connectivity index (χ1n) is 8.12. The van der Waals surface area contributed by atoms with Gasteiger partial charge >= 0.3 is 5.97 Å². The zero-order chi connectivity index (χ0) is 15.9. The van der Waals surface area contributed by atoms with E-state index < -0.39 is 5.97 Å². The third-order valence-electron chi connectivity index (χ3n) is 4.54. The molecule has 1 amide bonds. The van der Waals surface area contributed by atoms with Crippen molar-refractivity contribution in [3.05, 3.63) is 35.4 Å². The Labute approximate surface area is 132 Å². The van der Waals surface area contributed by atoms with Crippen LogP contribution < -0.4 is 0 Å². The van der Waals surface area contributed by atoms with Crippen molar-refractivity contribution in [2.45, 2.75) is 51.5 Å². The molecule has 1 saturated carbocycles. The van der Waals surface area contributed by atoms with Crippen molar-refractivity contribution in [2.75, 3.05) is 7.05 Å². The van der Waals surface area contributed by atoms with E-state index in [1.54, 1.807) is 29.2 Å². The van der Waals surface area contributed by atoms with Gasteiger partial charge in [0.05, 0.1) is 5.56 Å². The number of carbonyl (C=O) groups excluding carboxylic acids is 1. The Morgan fingerprint density at radius 2 is 1.77 bits per heavy atom. The summed E-state index contributed by atoms with van der Waals surface area (Å²) in [6.07, 6.45) is 8.13. The van der Waals surface area contributed by atoms with Crippen molar-refractivity contribution < 1.29 is 14.7 Å². The Morgan fingerprint density at radius 3 is 2.36 bits per heavy atom. The van der Waals surface area contributed by atoms with E-state index in [2.05, 4.69) is 0 Å². The lowest BCUT2D eigenvalue weighted by molar-refractivity contribution is -0.130. The molecule has 0 spiro atoms. The van der Waals surface area contributed by atoms with Crippen LogP contribution in [0, 0.1) is 5.92 Å². The smallest absolute Gasteiger partial charge is 0.335 e. The van der Waals surface area contributed by atoms with E-state index in [1.807, 2.05) is 7.05 Å². The molecule has 1 fully saturated rings. The molecule has 1 aromatic rings. The minimum Gasteiger partial charge on any atom is -0.478 e. The molecule has 0 radical (unpaired) electrons. The Hall–Kier alpha value is -1.84. The summed E-state index contributed by atoms with van der Waals surface area (Å²) in [5.74, 6) is -0.0303. The summed E-state index contributed by atoms with van der Waals surface area (Å²) in [7, 11) is 1.81. The summed E-state index contributed by atoms with van der Waals surface area (Å²) in [6.45, 7) is 0.531. The molecular formula is C18H25NO3. The normalized spacial score (nSPS) is 15.5. The Balaban J connectivity index is 1.78. The van der Waals surface area contributed by atoms with Gasteiger partial charge in [-0.3, -0.25) is 4.79 Å². The first-order valence-corrected chi connectivity index (χ1v) is 8.12. The molecule has 0 unspecified atom stereocenters. The van der Waals surface area contributed by atoms with Crippen molar-refractivity contribution >= 4 is 11.9 Å². The molecule has 120 valence electrons. The number of hydrogen-bond donors (Lipinski definition) is 1. The number of carboxylic acids is 1. The molecule has 0 bridgehead atoms. The lowest BCUT2D eigenvalue weighted by Gasteiger charge is -2.23. The van der Waals surface area contributed by atoms with Crippen molar-refractivity contribution in [1.82, 2.24) is 4.90 Å². The Morgan fingerprint density at radius 1 is 1.14 bits per heavy atom. The summed E-state index contributed by atoms with van der Waals surface area (Å²) in [5.41, 5.74) is 1.23. The van der Waals surface area contributed by atoms with E-state index in [9.17, 15) is 9.59 Å². The maximum absolute atomic E-state index is 12.2. The predicted octanol–water partition coefficient (Wildman–Crippen LogP) is 3.70. The molecule has 0 aliphatic heterocycles. The monoisotopic (exact) mass is 303 g/mol.